The summed E-state index contributed by atoms with van der Waals surface area (Å²) in [5, 5.41) is 0. The smallest absolute Gasteiger partial charge is 0.341 e. The summed E-state index contributed by atoms with van der Waals surface area (Å²) in [4.78, 5) is 11.7. The molecule has 1 aromatic carbocycles. The van der Waals surface area contributed by atoms with Gasteiger partial charge in [0.2, 0.25) is 0 Å². The minimum absolute atomic E-state index is 0.0234. The lowest BCUT2D eigenvalue weighted by atomic mass is 9.84. The summed E-state index contributed by atoms with van der Waals surface area (Å²) in [6.07, 6.45) is -0.0234. The Bertz CT molecular complexity index is 492. The van der Waals surface area contributed by atoms with Crippen molar-refractivity contribution in [3.05, 3.63) is 29.3 Å². The van der Waals surface area contributed by atoms with Crippen LogP contribution in [0.1, 0.15) is 42.8 Å². The van der Waals surface area contributed by atoms with Crippen LogP contribution in [0, 0.1) is 5.41 Å². The molecule has 1 atom stereocenters. The van der Waals surface area contributed by atoms with Gasteiger partial charge in [0.05, 0.1) is 20.3 Å². The number of hydrogen-bond donors (Lipinski definition) is 0. The van der Waals surface area contributed by atoms with Crippen molar-refractivity contribution >= 4 is 15.0 Å². The fourth-order valence-electron chi connectivity index (χ4n) is 2.20. The molecular weight excluding hydrogens is 284 g/mol. The van der Waals surface area contributed by atoms with E-state index in [1.165, 1.54) is 7.11 Å². The van der Waals surface area contributed by atoms with Crippen LogP contribution in [0.15, 0.2) is 18.2 Å². The topological polar surface area (TPSA) is 44.8 Å². The Kier molecular flexibility index (Phi) is 5.98. The minimum Gasteiger partial charge on any atom is -0.496 e. The van der Waals surface area contributed by atoms with Crippen molar-refractivity contribution in [3.63, 3.8) is 0 Å². The predicted octanol–water partition coefficient (Wildman–Crippen LogP) is 3.57. The van der Waals surface area contributed by atoms with Gasteiger partial charge in [-0.2, -0.15) is 0 Å². The van der Waals surface area contributed by atoms with E-state index in [4.69, 9.17) is 13.9 Å². The van der Waals surface area contributed by atoms with E-state index >= 15 is 0 Å². The maximum atomic E-state index is 11.7. The molecule has 0 radical (unpaired) electrons. The van der Waals surface area contributed by atoms with Crippen LogP contribution in [0.25, 0.3) is 0 Å². The highest BCUT2D eigenvalue weighted by atomic mass is 28.3. The molecule has 0 aliphatic heterocycles. The molecule has 0 aromatic heterocycles. The van der Waals surface area contributed by atoms with Gasteiger partial charge >= 0.3 is 5.97 Å². The Labute approximate surface area is 129 Å². The molecule has 5 heteroatoms. The SMILES string of the molecule is COC(=O)c1ccc(C(O[SiH](C)C)C(C)(C)C)cc1OC. The number of methoxy groups -OCH3 is 2. The molecule has 118 valence electrons. The highest BCUT2D eigenvalue weighted by molar-refractivity contribution is 6.48. The Balaban J connectivity index is 3.25. The lowest BCUT2D eigenvalue weighted by Gasteiger charge is -2.33. The maximum absolute atomic E-state index is 11.7. The number of carbonyl (C=O) groups excluding carboxylic acids is 1. The van der Waals surface area contributed by atoms with Crippen molar-refractivity contribution in [2.24, 2.45) is 5.41 Å². The summed E-state index contributed by atoms with van der Waals surface area (Å²) in [6.45, 7) is 10.7. The molecule has 0 fully saturated rings. The molecule has 0 amide bonds. The fraction of sp³-hybridized carbons (Fsp3) is 0.562. The average molecular weight is 310 g/mol. The van der Waals surface area contributed by atoms with Crippen LogP contribution in [0.5, 0.6) is 5.75 Å². The van der Waals surface area contributed by atoms with Crippen molar-refractivity contribution in [1.82, 2.24) is 0 Å². The Morgan fingerprint density at radius 2 is 1.81 bits per heavy atom. The van der Waals surface area contributed by atoms with Gasteiger partial charge in [0.25, 0.3) is 0 Å². The van der Waals surface area contributed by atoms with Gasteiger partial charge < -0.3 is 13.9 Å². The standard InChI is InChI=1S/C16H26O4Si/c1-16(2,3)14(20-21(6)7)11-8-9-12(15(17)19-5)13(10-11)18-4/h8-10,14,21H,1-7H3. The second-order valence-corrected chi connectivity index (χ2v) is 8.75. The predicted molar refractivity (Wildman–Crippen MR) is 86.5 cm³/mol. The summed E-state index contributed by atoms with van der Waals surface area (Å²) in [5.74, 6) is 0.118. The largest absolute Gasteiger partial charge is 0.496 e. The highest BCUT2D eigenvalue weighted by Crippen LogP contribution is 2.38. The molecular formula is C16H26O4Si. The third kappa shape index (κ3) is 4.57. The number of esters is 1. The normalized spacial score (nSPS) is 13.1. The molecule has 0 aliphatic rings. The van der Waals surface area contributed by atoms with E-state index in [1.54, 1.807) is 13.2 Å². The number of hydrogen-bond acceptors (Lipinski definition) is 4. The molecule has 1 aromatic rings. The number of rotatable bonds is 5. The van der Waals surface area contributed by atoms with Crippen LogP contribution in [0.2, 0.25) is 13.1 Å². The average Bonchev–Trinajstić information content (AvgIpc) is 2.41. The molecule has 4 nitrogen and oxygen atoms in total. The summed E-state index contributed by atoms with van der Waals surface area (Å²) in [5.41, 5.74) is 1.42. The summed E-state index contributed by atoms with van der Waals surface area (Å²) in [6, 6.07) is 5.53. The van der Waals surface area contributed by atoms with Crippen LogP contribution < -0.4 is 4.74 Å². The van der Waals surface area contributed by atoms with Gasteiger partial charge in [0.15, 0.2) is 9.04 Å². The van der Waals surface area contributed by atoms with Crippen molar-refractivity contribution in [3.8, 4) is 5.75 Å². The number of benzene rings is 1. The Hall–Kier alpha value is -1.33. The van der Waals surface area contributed by atoms with Gasteiger partial charge in [-0.3, -0.25) is 0 Å². The molecule has 0 aliphatic carbocycles. The van der Waals surface area contributed by atoms with Crippen molar-refractivity contribution in [2.45, 2.75) is 40.0 Å². The van der Waals surface area contributed by atoms with E-state index < -0.39 is 15.0 Å². The molecule has 21 heavy (non-hydrogen) atoms. The first-order chi connectivity index (χ1) is 9.70. The van der Waals surface area contributed by atoms with E-state index in [2.05, 4.69) is 33.9 Å². The zero-order chi connectivity index (χ0) is 16.2. The lowest BCUT2D eigenvalue weighted by molar-refractivity contribution is 0.0596. The van der Waals surface area contributed by atoms with E-state index in [0.717, 1.165) is 5.56 Å². The summed E-state index contributed by atoms with van der Waals surface area (Å²) in [7, 11) is 1.72. The summed E-state index contributed by atoms with van der Waals surface area (Å²) < 4.78 is 16.3. The second kappa shape index (κ2) is 7.09. The molecule has 0 spiro atoms. The maximum Gasteiger partial charge on any atom is 0.341 e. The van der Waals surface area contributed by atoms with Crippen LogP contribution in [-0.2, 0) is 9.16 Å². The summed E-state index contributed by atoms with van der Waals surface area (Å²) >= 11 is 0. The fourth-order valence-corrected chi connectivity index (χ4v) is 3.31. The third-order valence-electron chi connectivity index (χ3n) is 3.13. The monoisotopic (exact) mass is 310 g/mol. The molecule has 0 bridgehead atoms. The quantitative estimate of drug-likeness (QED) is 0.616. The Morgan fingerprint density at radius 3 is 2.24 bits per heavy atom. The Morgan fingerprint density at radius 1 is 1.19 bits per heavy atom. The van der Waals surface area contributed by atoms with E-state index in [1.807, 2.05) is 12.1 Å². The molecule has 0 saturated carbocycles. The van der Waals surface area contributed by atoms with E-state index in [0.29, 0.717) is 11.3 Å². The van der Waals surface area contributed by atoms with Crippen LogP contribution in [-0.4, -0.2) is 29.2 Å². The van der Waals surface area contributed by atoms with Crippen molar-refractivity contribution in [2.75, 3.05) is 14.2 Å². The number of ether oxygens (including phenoxy) is 2. The van der Waals surface area contributed by atoms with Gasteiger partial charge in [-0.1, -0.05) is 26.8 Å². The van der Waals surface area contributed by atoms with Gasteiger partial charge in [-0.25, -0.2) is 4.79 Å². The third-order valence-corrected chi connectivity index (χ3v) is 3.94. The van der Waals surface area contributed by atoms with Crippen LogP contribution >= 0.6 is 0 Å². The van der Waals surface area contributed by atoms with E-state index in [-0.39, 0.29) is 11.5 Å². The van der Waals surface area contributed by atoms with Crippen molar-refractivity contribution in [1.29, 1.82) is 0 Å². The van der Waals surface area contributed by atoms with Gasteiger partial charge in [-0.15, -0.1) is 0 Å². The van der Waals surface area contributed by atoms with Crippen LogP contribution in [0.3, 0.4) is 0 Å². The molecule has 1 unspecified atom stereocenters. The van der Waals surface area contributed by atoms with Crippen molar-refractivity contribution < 1.29 is 18.7 Å². The zero-order valence-corrected chi connectivity index (χ0v) is 15.2. The van der Waals surface area contributed by atoms with Gasteiger partial charge in [0.1, 0.15) is 11.3 Å². The first-order valence-electron chi connectivity index (χ1n) is 7.12. The first-order valence-corrected chi connectivity index (χ1v) is 9.90. The molecule has 0 heterocycles. The molecule has 0 N–H and O–H groups in total. The molecule has 1 rings (SSSR count). The molecule has 0 saturated heterocycles. The number of carbonyl (C=O) groups is 1. The van der Waals surface area contributed by atoms with E-state index in [9.17, 15) is 4.79 Å². The zero-order valence-electron chi connectivity index (χ0n) is 14.0. The first kappa shape index (κ1) is 17.7. The minimum atomic E-state index is -1.19. The van der Waals surface area contributed by atoms with Gasteiger partial charge in [-0.05, 0) is 36.2 Å². The van der Waals surface area contributed by atoms with Crippen LogP contribution in [0.4, 0.5) is 0 Å². The highest BCUT2D eigenvalue weighted by Gasteiger charge is 2.29. The lowest BCUT2D eigenvalue weighted by Crippen LogP contribution is -2.26. The van der Waals surface area contributed by atoms with Gasteiger partial charge in [0, 0.05) is 0 Å². The second-order valence-electron chi connectivity index (χ2n) is 6.38.